The number of aromatic nitrogens is 3. The molecule has 0 saturated carbocycles. The monoisotopic (exact) mass is 379 g/mol. The molecule has 4 aromatic rings. The molecule has 0 spiro atoms. The third kappa shape index (κ3) is 3.29. The number of hydrogen-bond acceptors (Lipinski definition) is 6. The first-order valence-electron chi connectivity index (χ1n) is 8.47. The molecule has 27 heavy (non-hydrogen) atoms. The lowest BCUT2D eigenvalue weighted by Crippen LogP contribution is -2.23. The molecule has 0 aliphatic heterocycles. The molecule has 0 bridgehead atoms. The second-order valence-electron chi connectivity index (χ2n) is 5.74. The molecular formula is C20H17N3O3S. The third-order valence-corrected chi connectivity index (χ3v) is 4.99. The predicted molar refractivity (Wildman–Crippen MR) is 106 cm³/mol. The van der Waals surface area contributed by atoms with Gasteiger partial charge in [0.25, 0.3) is 5.56 Å². The van der Waals surface area contributed by atoms with E-state index in [1.165, 1.54) is 15.9 Å². The molecule has 2 aromatic heterocycles. The van der Waals surface area contributed by atoms with Gasteiger partial charge in [0.05, 0.1) is 18.2 Å². The van der Waals surface area contributed by atoms with E-state index in [1.54, 1.807) is 13.2 Å². The van der Waals surface area contributed by atoms with Gasteiger partial charge in [-0.15, -0.1) is 5.10 Å². The minimum absolute atomic E-state index is 0.189. The van der Waals surface area contributed by atoms with E-state index in [-0.39, 0.29) is 5.56 Å². The molecule has 0 unspecified atom stereocenters. The summed E-state index contributed by atoms with van der Waals surface area (Å²) in [6.45, 7) is 2.55. The number of rotatable bonds is 5. The number of thiazole rings is 1. The van der Waals surface area contributed by atoms with E-state index >= 15 is 0 Å². The van der Waals surface area contributed by atoms with Crippen LogP contribution in [-0.4, -0.2) is 28.3 Å². The minimum Gasteiger partial charge on any atom is -0.496 e. The Kier molecular flexibility index (Phi) is 4.60. The van der Waals surface area contributed by atoms with Gasteiger partial charge in [0.15, 0.2) is 5.82 Å². The van der Waals surface area contributed by atoms with E-state index in [0.29, 0.717) is 27.7 Å². The lowest BCUT2D eigenvalue weighted by atomic mass is 10.2. The van der Waals surface area contributed by atoms with Crippen molar-refractivity contribution in [1.82, 2.24) is 14.6 Å². The van der Waals surface area contributed by atoms with Crippen LogP contribution >= 0.6 is 11.3 Å². The Balaban J connectivity index is 1.73. The summed E-state index contributed by atoms with van der Waals surface area (Å²) in [6, 6.07) is 15.1. The molecule has 136 valence electrons. The van der Waals surface area contributed by atoms with Crippen molar-refractivity contribution in [3.8, 4) is 22.9 Å². The van der Waals surface area contributed by atoms with Gasteiger partial charge < -0.3 is 9.47 Å². The van der Waals surface area contributed by atoms with Crippen molar-refractivity contribution >= 4 is 22.4 Å². The molecule has 2 aromatic carbocycles. The summed E-state index contributed by atoms with van der Waals surface area (Å²) >= 11 is 1.31. The number of hydrogen-bond donors (Lipinski definition) is 0. The molecule has 6 nitrogen and oxygen atoms in total. The van der Waals surface area contributed by atoms with Crippen LogP contribution in [0.25, 0.3) is 22.4 Å². The first-order valence-corrected chi connectivity index (χ1v) is 9.29. The zero-order chi connectivity index (χ0) is 18.8. The maximum absolute atomic E-state index is 12.7. The van der Waals surface area contributed by atoms with E-state index in [1.807, 2.05) is 55.5 Å². The number of benzene rings is 2. The first kappa shape index (κ1) is 17.2. The average Bonchev–Trinajstić information content (AvgIpc) is 3.23. The zero-order valence-corrected chi connectivity index (χ0v) is 15.7. The lowest BCUT2D eigenvalue weighted by molar-refractivity contribution is 0.340. The van der Waals surface area contributed by atoms with Crippen molar-refractivity contribution in [1.29, 1.82) is 0 Å². The molecule has 0 aliphatic carbocycles. The fraction of sp³-hybridized carbons (Fsp3) is 0.150. The number of nitrogens with zero attached hydrogens (tertiary/aromatic N) is 3. The van der Waals surface area contributed by atoms with Gasteiger partial charge in [-0.2, -0.15) is 9.50 Å². The highest BCUT2D eigenvalue weighted by atomic mass is 32.1. The fourth-order valence-electron chi connectivity index (χ4n) is 2.75. The van der Waals surface area contributed by atoms with E-state index < -0.39 is 0 Å². The Morgan fingerprint density at radius 2 is 1.93 bits per heavy atom. The molecule has 0 aliphatic rings. The normalized spacial score (nSPS) is 11.9. The molecule has 0 fully saturated rings. The van der Waals surface area contributed by atoms with E-state index in [4.69, 9.17) is 9.47 Å². The molecule has 0 atom stereocenters. The van der Waals surface area contributed by atoms with Crippen LogP contribution in [-0.2, 0) is 0 Å². The Labute approximate surface area is 159 Å². The fourth-order valence-corrected chi connectivity index (χ4v) is 3.65. The summed E-state index contributed by atoms with van der Waals surface area (Å²) in [5, 5.41) is 4.37. The van der Waals surface area contributed by atoms with Crippen molar-refractivity contribution < 1.29 is 9.47 Å². The molecule has 4 rings (SSSR count). The van der Waals surface area contributed by atoms with Gasteiger partial charge in [-0.3, -0.25) is 4.79 Å². The second kappa shape index (κ2) is 7.20. The topological polar surface area (TPSA) is 65.7 Å². The van der Waals surface area contributed by atoms with Crippen LogP contribution < -0.4 is 19.6 Å². The number of para-hydroxylation sites is 1. The molecule has 2 heterocycles. The Hall–Kier alpha value is -3.19. The summed E-state index contributed by atoms with van der Waals surface area (Å²) in [5.41, 5.74) is 1.49. The quantitative estimate of drug-likeness (QED) is 0.533. The summed E-state index contributed by atoms with van der Waals surface area (Å²) < 4.78 is 12.7. The summed E-state index contributed by atoms with van der Waals surface area (Å²) in [5.74, 6) is 2.02. The van der Waals surface area contributed by atoms with E-state index in [0.717, 1.165) is 16.9 Å². The van der Waals surface area contributed by atoms with Gasteiger partial charge in [0.2, 0.25) is 4.96 Å². The van der Waals surface area contributed by atoms with Crippen LogP contribution in [0.15, 0.2) is 53.3 Å². The van der Waals surface area contributed by atoms with Crippen molar-refractivity contribution in [2.24, 2.45) is 0 Å². The molecular weight excluding hydrogens is 362 g/mol. The first-order chi connectivity index (χ1) is 13.2. The van der Waals surface area contributed by atoms with Crippen molar-refractivity contribution in [3.63, 3.8) is 0 Å². The number of fused-ring (bicyclic) bond motifs is 1. The molecule has 0 radical (unpaired) electrons. The van der Waals surface area contributed by atoms with Gasteiger partial charge in [-0.25, -0.2) is 0 Å². The van der Waals surface area contributed by atoms with Crippen LogP contribution in [0.4, 0.5) is 0 Å². The molecule has 0 N–H and O–H groups in total. The van der Waals surface area contributed by atoms with Gasteiger partial charge in [0, 0.05) is 11.1 Å². The van der Waals surface area contributed by atoms with Crippen LogP contribution in [0.1, 0.15) is 12.5 Å². The SMILES string of the molecule is CCOc1ccc(-c2nc3s/c(=C\c4ccccc4OC)c(=O)n3n2)cc1. The summed E-state index contributed by atoms with van der Waals surface area (Å²) in [4.78, 5) is 17.8. The van der Waals surface area contributed by atoms with Gasteiger partial charge >= 0.3 is 0 Å². The maximum Gasteiger partial charge on any atom is 0.291 e. The van der Waals surface area contributed by atoms with Gasteiger partial charge in [0.1, 0.15) is 11.5 Å². The highest BCUT2D eigenvalue weighted by molar-refractivity contribution is 7.15. The van der Waals surface area contributed by atoms with Crippen molar-refractivity contribution in [2.45, 2.75) is 6.92 Å². The molecule has 0 amide bonds. The van der Waals surface area contributed by atoms with E-state index in [2.05, 4.69) is 10.1 Å². The van der Waals surface area contributed by atoms with Crippen LogP contribution in [0.3, 0.4) is 0 Å². The highest BCUT2D eigenvalue weighted by Crippen LogP contribution is 2.21. The van der Waals surface area contributed by atoms with Crippen LogP contribution in [0.5, 0.6) is 11.5 Å². The van der Waals surface area contributed by atoms with Gasteiger partial charge in [-0.05, 0) is 43.3 Å². The number of methoxy groups -OCH3 is 1. The minimum atomic E-state index is -0.189. The Morgan fingerprint density at radius 1 is 1.15 bits per heavy atom. The smallest absolute Gasteiger partial charge is 0.291 e. The average molecular weight is 379 g/mol. The zero-order valence-electron chi connectivity index (χ0n) is 14.9. The summed E-state index contributed by atoms with van der Waals surface area (Å²) in [6.07, 6.45) is 1.80. The molecule has 0 saturated heterocycles. The second-order valence-corrected chi connectivity index (χ2v) is 6.75. The van der Waals surface area contributed by atoms with Crippen LogP contribution in [0, 0.1) is 0 Å². The summed E-state index contributed by atoms with van der Waals surface area (Å²) in [7, 11) is 1.61. The standard InChI is InChI=1S/C20H17N3O3S/c1-3-26-15-10-8-13(9-11-15)18-21-20-23(22-18)19(24)17(27-20)12-14-6-4-5-7-16(14)25-2/h4-12H,3H2,1-2H3/b17-12-. The van der Waals surface area contributed by atoms with Crippen molar-refractivity contribution in [2.75, 3.05) is 13.7 Å². The van der Waals surface area contributed by atoms with Crippen LogP contribution in [0.2, 0.25) is 0 Å². The largest absolute Gasteiger partial charge is 0.496 e. The Bertz CT molecular complexity index is 1200. The van der Waals surface area contributed by atoms with Crippen molar-refractivity contribution in [3.05, 3.63) is 69.0 Å². The third-order valence-electron chi connectivity index (χ3n) is 4.03. The highest BCUT2D eigenvalue weighted by Gasteiger charge is 2.12. The number of ether oxygens (including phenoxy) is 2. The molecule has 7 heteroatoms. The Morgan fingerprint density at radius 3 is 2.63 bits per heavy atom. The van der Waals surface area contributed by atoms with E-state index in [9.17, 15) is 4.79 Å². The van der Waals surface area contributed by atoms with Gasteiger partial charge in [-0.1, -0.05) is 29.5 Å². The predicted octanol–water partition coefficient (Wildman–Crippen LogP) is 2.77. The maximum atomic E-state index is 12.7. The lowest BCUT2D eigenvalue weighted by Gasteiger charge is -2.02.